The van der Waals surface area contributed by atoms with Crippen molar-refractivity contribution in [2.75, 3.05) is 0 Å². The fraction of sp³-hybridized carbons (Fsp3) is 0.533. The Morgan fingerprint density at radius 1 is 1.12 bits per heavy atom. The van der Waals surface area contributed by atoms with E-state index in [9.17, 15) is 4.79 Å². The van der Waals surface area contributed by atoms with E-state index in [0.717, 1.165) is 6.42 Å². The zero-order chi connectivity index (χ0) is 12.3. The number of benzene rings is 1. The van der Waals surface area contributed by atoms with Gasteiger partial charge in [0.15, 0.2) is 0 Å². The second-order valence-electron chi connectivity index (χ2n) is 5.00. The third-order valence-electron chi connectivity index (χ3n) is 3.11. The van der Waals surface area contributed by atoms with Gasteiger partial charge in [-0.25, -0.2) is 0 Å². The van der Waals surface area contributed by atoms with E-state index in [0.29, 0.717) is 12.2 Å². The van der Waals surface area contributed by atoms with Crippen molar-refractivity contribution in [3.05, 3.63) is 34.4 Å². The number of hydrogen-bond donors (Lipinski definition) is 0. The molecule has 0 aliphatic heterocycles. The maximum absolute atomic E-state index is 11.6. The van der Waals surface area contributed by atoms with Gasteiger partial charge < -0.3 is 0 Å². The Kier molecular flexibility index (Phi) is 4.28. The highest BCUT2D eigenvalue weighted by atomic mass is 16.1. The molecule has 0 bridgehead atoms. The Morgan fingerprint density at radius 3 is 2.06 bits per heavy atom. The van der Waals surface area contributed by atoms with E-state index >= 15 is 0 Å². The summed E-state index contributed by atoms with van der Waals surface area (Å²) in [6, 6.07) is 4.39. The van der Waals surface area contributed by atoms with Crippen LogP contribution in [0, 0.1) is 26.7 Å². The molecule has 1 heteroatoms. The van der Waals surface area contributed by atoms with E-state index in [-0.39, 0.29) is 5.92 Å². The van der Waals surface area contributed by atoms with Crippen LogP contribution in [-0.4, -0.2) is 5.78 Å². The second kappa shape index (κ2) is 5.29. The number of ketones is 1. The van der Waals surface area contributed by atoms with E-state index in [2.05, 4.69) is 32.9 Å². The lowest BCUT2D eigenvalue weighted by molar-refractivity contribution is -0.121. The average molecular weight is 218 g/mol. The molecule has 0 amide bonds. The van der Waals surface area contributed by atoms with Crippen molar-refractivity contribution in [2.45, 2.75) is 47.5 Å². The molecule has 0 aliphatic rings. The van der Waals surface area contributed by atoms with Crippen LogP contribution >= 0.6 is 0 Å². The molecule has 0 saturated heterocycles. The van der Waals surface area contributed by atoms with Gasteiger partial charge in [0, 0.05) is 12.3 Å². The molecule has 0 saturated carbocycles. The topological polar surface area (TPSA) is 17.1 Å². The van der Waals surface area contributed by atoms with Gasteiger partial charge in [0.05, 0.1) is 0 Å². The molecular formula is C15H22O. The lowest BCUT2D eigenvalue weighted by Crippen LogP contribution is -2.09. The molecule has 0 atom stereocenters. The number of aryl methyl sites for hydroxylation is 3. The van der Waals surface area contributed by atoms with Gasteiger partial charge >= 0.3 is 0 Å². The maximum atomic E-state index is 11.6. The van der Waals surface area contributed by atoms with E-state index in [1.54, 1.807) is 0 Å². The fourth-order valence-corrected chi connectivity index (χ4v) is 2.14. The highest BCUT2D eigenvalue weighted by Gasteiger charge is 2.10. The molecule has 0 spiro atoms. The van der Waals surface area contributed by atoms with Crippen molar-refractivity contribution in [1.29, 1.82) is 0 Å². The van der Waals surface area contributed by atoms with Gasteiger partial charge in [-0.2, -0.15) is 0 Å². The van der Waals surface area contributed by atoms with Crippen molar-refractivity contribution >= 4 is 5.78 Å². The van der Waals surface area contributed by atoms with Crippen LogP contribution in [0.25, 0.3) is 0 Å². The third kappa shape index (κ3) is 3.19. The standard InChI is InChI=1S/C15H22O/c1-10(2)15(16)7-6-14-12(4)8-11(3)9-13(14)5/h8-10H,6-7H2,1-5H3. The molecule has 0 aromatic heterocycles. The van der Waals surface area contributed by atoms with Gasteiger partial charge in [-0.1, -0.05) is 31.5 Å². The molecule has 88 valence electrons. The molecule has 0 aliphatic carbocycles. The van der Waals surface area contributed by atoms with Crippen LogP contribution in [0.2, 0.25) is 0 Å². The van der Waals surface area contributed by atoms with Crippen molar-refractivity contribution in [1.82, 2.24) is 0 Å². The van der Waals surface area contributed by atoms with Gasteiger partial charge in [-0.15, -0.1) is 0 Å². The predicted molar refractivity (Wildman–Crippen MR) is 68.8 cm³/mol. The van der Waals surface area contributed by atoms with Gasteiger partial charge in [0.2, 0.25) is 0 Å². The molecule has 1 aromatic rings. The lowest BCUT2D eigenvalue weighted by Gasteiger charge is -2.11. The summed E-state index contributed by atoms with van der Waals surface area (Å²) >= 11 is 0. The predicted octanol–water partition coefficient (Wildman–Crippen LogP) is 3.77. The fourth-order valence-electron chi connectivity index (χ4n) is 2.14. The maximum Gasteiger partial charge on any atom is 0.135 e. The zero-order valence-electron chi connectivity index (χ0n) is 11.1. The summed E-state index contributed by atoms with van der Waals surface area (Å²) in [5.74, 6) is 0.519. The molecular weight excluding hydrogens is 196 g/mol. The summed E-state index contributed by atoms with van der Waals surface area (Å²) in [4.78, 5) is 11.6. The van der Waals surface area contributed by atoms with Crippen LogP contribution in [0.15, 0.2) is 12.1 Å². The molecule has 1 rings (SSSR count). The molecule has 0 heterocycles. The first-order valence-electron chi connectivity index (χ1n) is 6.01. The minimum absolute atomic E-state index is 0.158. The molecule has 1 aromatic carbocycles. The van der Waals surface area contributed by atoms with Gasteiger partial charge in [-0.05, 0) is 43.9 Å². The Balaban J connectivity index is 2.78. The van der Waals surface area contributed by atoms with Crippen LogP contribution in [0.5, 0.6) is 0 Å². The van der Waals surface area contributed by atoms with E-state index in [1.807, 2.05) is 13.8 Å². The third-order valence-corrected chi connectivity index (χ3v) is 3.11. The zero-order valence-corrected chi connectivity index (χ0v) is 11.1. The van der Waals surface area contributed by atoms with Crippen LogP contribution in [0.3, 0.4) is 0 Å². The van der Waals surface area contributed by atoms with Crippen molar-refractivity contribution in [3.63, 3.8) is 0 Å². The van der Waals surface area contributed by atoms with Gasteiger partial charge in [0.25, 0.3) is 0 Å². The van der Waals surface area contributed by atoms with E-state index < -0.39 is 0 Å². The summed E-state index contributed by atoms with van der Waals surface area (Å²) in [5, 5.41) is 0. The number of carbonyl (C=O) groups is 1. The van der Waals surface area contributed by atoms with Crippen LogP contribution in [0.1, 0.15) is 42.5 Å². The summed E-state index contributed by atoms with van der Waals surface area (Å²) in [6.07, 6.45) is 1.55. The summed E-state index contributed by atoms with van der Waals surface area (Å²) in [5.41, 5.74) is 5.27. The Labute approximate surface area is 98.9 Å². The lowest BCUT2D eigenvalue weighted by atomic mass is 9.93. The molecule has 1 nitrogen and oxygen atoms in total. The van der Waals surface area contributed by atoms with E-state index in [4.69, 9.17) is 0 Å². The smallest absolute Gasteiger partial charge is 0.135 e. The van der Waals surface area contributed by atoms with Gasteiger partial charge in [-0.3, -0.25) is 4.79 Å². The highest BCUT2D eigenvalue weighted by molar-refractivity contribution is 5.80. The van der Waals surface area contributed by atoms with Crippen molar-refractivity contribution < 1.29 is 4.79 Å². The molecule has 0 radical (unpaired) electrons. The molecule has 0 fully saturated rings. The van der Waals surface area contributed by atoms with E-state index in [1.165, 1.54) is 22.3 Å². The summed E-state index contributed by atoms with van der Waals surface area (Å²) in [6.45, 7) is 10.3. The number of Topliss-reactive ketones (excluding diaryl/α,β-unsaturated/α-hetero) is 1. The number of carbonyl (C=O) groups excluding carboxylic acids is 1. The number of hydrogen-bond acceptors (Lipinski definition) is 1. The Bertz CT molecular complexity index is 365. The quantitative estimate of drug-likeness (QED) is 0.752. The van der Waals surface area contributed by atoms with Crippen LogP contribution in [-0.2, 0) is 11.2 Å². The highest BCUT2D eigenvalue weighted by Crippen LogP contribution is 2.18. The minimum atomic E-state index is 0.158. The van der Waals surface area contributed by atoms with Crippen LogP contribution in [0.4, 0.5) is 0 Å². The molecule has 0 N–H and O–H groups in total. The average Bonchev–Trinajstić information content (AvgIpc) is 2.15. The Hall–Kier alpha value is -1.11. The second-order valence-corrected chi connectivity index (χ2v) is 5.00. The van der Waals surface area contributed by atoms with Crippen molar-refractivity contribution in [3.8, 4) is 0 Å². The summed E-state index contributed by atoms with van der Waals surface area (Å²) in [7, 11) is 0. The Morgan fingerprint density at radius 2 is 1.62 bits per heavy atom. The monoisotopic (exact) mass is 218 g/mol. The van der Waals surface area contributed by atoms with Crippen LogP contribution < -0.4 is 0 Å². The van der Waals surface area contributed by atoms with Crippen molar-refractivity contribution in [2.24, 2.45) is 5.92 Å². The normalized spacial score (nSPS) is 10.9. The largest absolute Gasteiger partial charge is 0.299 e. The summed E-state index contributed by atoms with van der Waals surface area (Å²) < 4.78 is 0. The first-order valence-corrected chi connectivity index (χ1v) is 6.01. The SMILES string of the molecule is Cc1cc(C)c(CCC(=O)C(C)C)c(C)c1. The first kappa shape index (κ1) is 13.0. The molecule has 16 heavy (non-hydrogen) atoms. The number of rotatable bonds is 4. The molecule has 0 unspecified atom stereocenters. The minimum Gasteiger partial charge on any atom is -0.299 e. The first-order chi connectivity index (χ1) is 7.41. The van der Waals surface area contributed by atoms with Gasteiger partial charge in [0.1, 0.15) is 5.78 Å².